The van der Waals surface area contributed by atoms with Crippen LogP contribution in [0.3, 0.4) is 0 Å². The molecule has 2 N–H and O–H groups in total. The summed E-state index contributed by atoms with van der Waals surface area (Å²) in [7, 11) is 0. The largest absolute Gasteiger partial charge is 0.481 e. The lowest BCUT2D eigenvalue weighted by molar-refractivity contribution is -0.154. The van der Waals surface area contributed by atoms with Gasteiger partial charge in [-0.1, -0.05) is 6.92 Å². The second-order valence-electron chi connectivity index (χ2n) is 4.08. The van der Waals surface area contributed by atoms with Gasteiger partial charge in [0.1, 0.15) is 0 Å². The fourth-order valence-electron chi connectivity index (χ4n) is 2.60. The molecular formula is C9H12O5. The van der Waals surface area contributed by atoms with Crippen LogP contribution in [0.1, 0.15) is 13.3 Å². The second kappa shape index (κ2) is 2.95. The van der Waals surface area contributed by atoms with Crippen molar-refractivity contribution >= 4 is 11.9 Å². The van der Waals surface area contributed by atoms with Crippen LogP contribution in [-0.4, -0.2) is 34.4 Å². The van der Waals surface area contributed by atoms with Gasteiger partial charge >= 0.3 is 11.9 Å². The van der Waals surface area contributed by atoms with Crippen LogP contribution in [0.5, 0.6) is 0 Å². The van der Waals surface area contributed by atoms with E-state index in [9.17, 15) is 9.59 Å². The van der Waals surface area contributed by atoms with Crippen LogP contribution in [0.4, 0.5) is 0 Å². The zero-order valence-electron chi connectivity index (χ0n) is 7.71. The lowest BCUT2D eigenvalue weighted by Gasteiger charge is -2.25. The van der Waals surface area contributed by atoms with E-state index in [2.05, 4.69) is 0 Å². The standard InChI is InChI=1S/C9H12O5/c1-3-2-4-5(8(10)11)6(9(12)13)7(3)14-4/h3-7H,2H2,1H3,(H,10,11)(H,12,13)/t3?,4?,5-,6-,7?/m1/s1. The average molecular weight is 200 g/mol. The monoisotopic (exact) mass is 200 g/mol. The van der Waals surface area contributed by atoms with Crippen LogP contribution in [-0.2, 0) is 14.3 Å². The first-order valence-corrected chi connectivity index (χ1v) is 4.63. The molecule has 0 amide bonds. The summed E-state index contributed by atoms with van der Waals surface area (Å²) < 4.78 is 5.37. The topological polar surface area (TPSA) is 83.8 Å². The lowest BCUT2D eigenvalue weighted by atomic mass is 9.75. The van der Waals surface area contributed by atoms with Gasteiger partial charge in [-0.2, -0.15) is 0 Å². The fourth-order valence-corrected chi connectivity index (χ4v) is 2.60. The number of fused-ring (bicyclic) bond motifs is 2. The quantitative estimate of drug-likeness (QED) is 0.665. The first kappa shape index (κ1) is 9.45. The third kappa shape index (κ3) is 1.12. The summed E-state index contributed by atoms with van der Waals surface area (Å²) in [6.45, 7) is 1.90. The zero-order chi connectivity index (χ0) is 10.5. The number of hydrogen-bond acceptors (Lipinski definition) is 3. The summed E-state index contributed by atoms with van der Waals surface area (Å²) in [6, 6.07) is 0. The molecule has 2 fully saturated rings. The molecule has 2 saturated heterocycles. The van der Waals surface area contributed by atoms with Crippen LogP contribution in [0.15, 0.2) is 0 Å². The van der Waals surface area contributed by atoms with Gasteiger partial charge in [0, 0.05) is 0 Å². The van der Waals surface area contributed by atoms with Gasteiger partial charge in [-0.3, -0.25) is 9.59 Å². The Kier molecular flexibility index (Phi) is 1.99. The summed E-state index contributed by atoms with van der Waals surface area (Å²) in [4.78, 5) is 21.8. The van der Waals surface area contributed by atoms with E-state index in [4.69, 9.17) is 14.9 Å². The van der Waals surface area contributed by atoms with Gasteiger partial charge in [-0.25, -0.2) is 0 Å². The Morgan fingerprint density at radius 2 is 1.79 bits per heavy atom. The molecule has 78 valence electrons. The van der Waals surface area contributed by atoms with Gasteiger partial charge in [0.05, 0.1) is 24.0 Å². The lowest BCUT2D eigenvalue weighted by Crippen LogP contribution is -2.41. The highest BCUT2D eigenvalue weighted by molar-refractivity contribution is 5.82. The molecule has 0 aromatic rings. The Labute approximate surface area is 80.7 Å². The number of ether oxygens (including phenoxy) is 1. The molecule has 0 aliphatic carbocycles. The molecule has 0 aromatic heterocycles. The van der Waals surface area contributed by atoms with Gasteiger partial charge in [-0.05, 0) is 12.3 Å². The number of carboxylic acid groups (broad SMARTS) is 2. The first-order valence-electron chi connectivity index (χ1n) is 4.63. The molecule has 5 nitrogen and oxygen atoms in total. The van der Waals surface area contributed by atoms with Gasteiger partial charge in [0.2, 0.25) is 0 Å². The smallest absolute Gasteiger partial charge is 0.310 e. The number of aliphatic carboxylic acids is 2. The zero-order valence-corrected chi connectivity index (χ0v) is 7.71. The summed E-state index contributed by atoms with van der Waals surface area (Å²) in [5.74, 6) is -3.71. The highest BCUT2D eigenvalue weighted by Gasteiger charge is 2.58. The predicted molar refractivity (Wildman–Crippen MR) is 44.7 cm³/mol. The minimum Gasteiger partial charge on any atom is -0.481 e. The van der Waals surface area contributed by atoms with E-state index < -0.39 is 36.0 Å². The van der Waals surface area contributed by atoms with Crippen molar-refractivity contribution in [3.8, 4) is 0 Å². The van der Waals surface area contributed by atoms with Gasteiger partial charge in [0.15, 0.2) is 0 Å². The van der Waals surface area contributed by atoms with Crippen molar-refractivity contribution in [1.82, 2.24) is 0 Å². The molecule has 2 aliphatic rings. The van der Waals surface area contributed by atoms with Crippen LogP contribution in [0, 0.1) is 17.8 Å². The minimum atomic E-state index is -1.06. The van der Waals surface area contributed by atoms with E-state index >= 15 is 0 Å². The summed E-state index contributed by atoms with van der Waals surface area (Å²) in [5.41, 5.74) is 0. The fraction of sp³-hybridized carbons (Fsp3) is 0.778. The maximum atomic E-state index is 10.9. The maximum Gasteiger partial charge on any atom is 0.310 e. The van der Waals surface area contributed by atoms with E-state index in [1.165, 1.54) is 0 Å². The summed E-state index contributed by atoms with van der Waals surface area (Å²) >= 11 is 0. The Morgan fingerprint density at radius 1 is 1.21 bits per heavy atom. The molecule has 2 aliphatic heterocycles. The van der Waals surface area contributed by atoms with Gasteiger partial charge < -0.3 is 14.9 Å². The van der Waals surface area contributed by atoms with Crippen molar-refractivity contribution < 1.29 is 24.5 Å². The molecule has 3 unspecified atom stereocenters. The van der Waals surface area contributed by atoms with Crippen LogP contribution in [0.2, 0.25) is 0 Å². The van der Waals surface area contributed by atoms with E-state index in [-0.39, 0.29) is 5.92 Å². The third-order valence-corrected chi connectivity index (χ3v) is 3.21. The van der Waals surface area contributed by atoms with Crippen molar-refractivity contribution in [2.75, 3.05) is 0 Å². The Balaban J connectivity index is 2.27. The normalized spacial score (nSPS) is 45.4. The number of carboxylic acids is 2. The molecule has 5 heteroatoms. The molecular weight excluding hydrogens is 188 g/mol. The SMILES string of the molecule is CC1CC2OC1[C@H](C(=O)O)[C@@H]2C(=O)O. The maximum absolute atomic E-state index is 10.9. The first-order chi connectivity index (χ1) is 6.52. The molecule has 5 atom stereocenters. The summed E-state index contributed by atoms with van der Waals surface area (Å²) in [6.07, 6.45) is -0.169. The molecule has 0 spiro atoms. The molecule has 2 heterocycles. The predicted octanol–water partition coefficient (Wildman–Crippen LogP) is 0.195. The Bertz CT molecular complexity index is 287. The summed E-state index contributed by atoms with van der Waals surface area (Å²) in [5, 5.41) is 17.8. The van der Waals surface area contributed by atoms with Crippen molar-refractivity contribution in [3.05, 3.63) is 0 Å². The van der Waals surface area contributed by atoms with E-state index in [0.29, 0.717) is 6.42 Å². The highest BCUT2D eigenvalue weighted by Crippen LogP contribution is 2.46. The number of carbonyl (C=O) groups is 2. The average Bonchev–Trinajstić information content (AvgIpc) is 2.58. The van der Waals surface area contributed by atoms with Gasteiger partial charge in [0.25, 0.3) is 0 Å². The number of rotatable bonds is 2. The van der Waals surface area contributed by atoms with Crippen LogP contribution < -0.4 is 0 Å². The molecule has 0 saturated carbocycles. The Hall–Kier alpha value is -1.10. The molecule has 14 heavy (non-hydrogen) atoms. The van der Waals surface area contributed by atoms with Crippen molar-refractivity contribution in [1.29, 1.82) is 0 Å². The van der Waals surface area contributed by atoms with Crippen molar-refractivity contribution in [2.24, 2.45) is 17.8 Å². The minimum absolute atomic E-state index is 0.150. The van der Waals surface area contributed by atoms with Crippen molar-refractivity contribution in [3.63, 3.8) is 0 Å². The number of hydrogen-bond donors (Lipinski definition) is 2. The van der Waals surface area contributed by atoms with Crippen LogP contribution in [0.25, 0.3) is 0 Å². The van der Waals surface area contributed by atoms with Crippen molar-refractivity contribution in [2.45, 2.75) is 25.6 Å². The third-order valence-electron chi connectivity index (χ3n) is 3.21. The van der Waals surface area contributed by atoms with E-state index in [0.717, 1.165) is 0 Å². The van der Waals surface area contributed by atoms with Crippen LogP contribution >= 0.6 is 0 Å². The molecule has 0 aromatic carbocycles. The van der Waals surface area contributed by atoms with E-state index in [1.54, 1.807) is 0 Å². The Morgan fingerprint density at radius 3 is 2.29 bits per heavy atom. The second-order valence-corrected chi connectivity index (χ2v) is 4.08. The molecule has 0 radical (unpaired) electrons. The molecule has 2 rings (SSSR count). The van der Waals surface area contributed by atoms with E-state index in [1.807, 2.05) is 6.92 Å². The van der Waals surface area contributed by atoms with Gasteiger partial charge in [-0.15, -0.1) is 0 Å². The highest BCUT2D eigenvalue weighted by atomic mass is 16.5. The molecule has 2 bridgehead atoms.